The van der Waals surface area contributed by atoms with E-state index in [0.717, 1.165) is 31.7 Å². The molecule has 0 atom stereocenters. The molecular formula is C13H17ClN2O2. The largest absolute Gasteiger partial charge is 0.496 e. The van der Waals surface area contributed by atoms with E-state index in [0.29, 0.717) is 16.3 Å². The summed E-state index contributed by atoms with van der Waals surface area (Å²) in [6, 6.07) is 3.50. The van der Waals surface area contributed by atoms with Crippen molar-refractivity contribution < 1.29 is 9.53 Å². The Morgan fingerprint density at radius 3 is 2.67 bits per heavy atom. The lowest BCUT2D eigenvalue weighted by Crippen LogP contribution is -2.46. The maximum atomic E-state index is 12.4. The van der Waals surface area contributed by atoms with Gasteiger partial charge in [-0.1, -0.05) is 11.6 Å². The molecule has 0 aliphatic carbocycles. The zero-order valence-corrected chi connectivity index (χ0v) is 11.4. The summed E-state index contributed by atoms with van der Waals surface area (Å²) in [5, 5.41) is 3.84. The molecule has 0 saturated carbocycles. The molecule has 1 aromatic rings. The Balaban J connectivity index is 2.31. The van der Waals surface area contributed by atoms with Crippen LogP contribution in [0, 0.1) is 6.92 Å². The fourth-order valence-electron chi connectivity index (χ4n) is 2.04. The maximum absolute atomic E-state index is 12.4. The maximum Gasteiger partial charge on any atom is 0.257 e. The molecule has 2 rings (SSSR count). The number of halogens is 1. The molecule has 1 N–H and O–H groups in total. The molecule has 5 heteroatoms. The zero-order valence-electron chi connectivity index (χ0n) is 10.6. The highest BCUT2D eigenvalue weighted by Crippen LogP contribution is 2.27. The number of hydrogen-bond acceptors (Lipinski definition) is 3. The summed E-state index contributed by atoms with van der Waals surface area (Å²) in [4.78, 5) is 14.3. The van der Waals surface area contributed by atoms with E-state index in [1.54, 1.807) is 19.2 Å². The van der Waals surface area contributed by atoms with Gasteiger partial charge in [-0.15, -0.1) is 0 Å². The van der Waals surface area contributed by atoms with E-state index in [1.807, 2.05) is 11.8 Å². The van der Waals surface area contributed by atoms with Gasteiger partial charge in [0.2, 0.25) is 0 Å². The number of aryl methyl sites for hydroxylation is 1. The van der Waals surface area contributed by atoms with Gasteiger partial charge in [-0.3, -0.25) is 4.79 Å². The average molecular weight is 269 g/mol. The van der Waals surface area contributed by atoms with Gasteiger partial charge < -0.3 is 15.0 Å². The highest BCUT2D eigenvalue weighted by molar-refractivity contribution is 6.31. The van der Waals surface area contributed by atoms with Crippen LogP contribution in [0.3, 0.4) is 0 Å². The summed E-state index contributed by atoms with van der Waals surface area (Å²) in [7, 11) is 1.55. The van der Waals surface area contributed by atoms with Crippen molar-refractivity contribution in [2.24, 2.45) is 0 Å². The smallest absolute Gasteiger partial charge is 0.257 e. The third-order valence-electron chi connectivity index (χ3n) is 3.12. The molecule has 0 aromatic heterocycles. The van der Waals surface area contributed by atoms with Crippen molar-refractivity contribution in [2.45, 2.75) is 6.92 Å². The van der Waals surface area contributed by atoms with Crippen LogP contribution in [0.5, 0.6) is 5.75 Å². The molecule has 0 unspecified atom stereocenters. The Hall–Kier alpha value is -1.26. The minimum Gasteiger partial charge on any atom is -0.496 e. The minimum atomic E-state index is 0.00752. The predicted molar refractivity (Wildman–Crippen MR) is 71.5 cm³/mol. The second-order valence-corrected chi connectivity index (χ2v) is 4.75. The number of methoxy groups -OCH3 is 1. The number of nitrogens with one attached hydrogen (secondary N) is 1. The molecule has 1 saturated heterocycles. The fourth-order valence-corrected chi connectivity index (χ4v) is 2.19. The van der Waals surface area contributed by atoms with Crippen LogP contribution >= 0.6 is 11.6 Å². The fraction of sp³-hybridized carbons (Fsp3) is 0.462. The van der Waals surface area contributed by atoms with Crippen LogP contribution in [-0.4, -0.2) is 44.1 Å². The van der Waals surface area contributed by atoms with Crippen molar-refractivity contribution in [2.75, 3.05) is 33.3 Å². The van der Waals surface area contributed by atoms with Gasteiger partial charge in [0.15, 0.2) is 0 Å². The third-order valence-corrected chi connectivity index (χ3v) is 3.52. The summed E-state index contributed by atoms with van der Waals surface area (Å²) in [6.07, 6.45) is 0. The zero-order chi connectivity index (χ0) is 13.1. The van der Waals surface area contributed by atoms with Crippen LogP contribution in [0.2, 0.25) is 5.02 Å². The Kier molecular flexibility index (Phi) is 4.09. The van der Waals surface area contributed by atoms with Gasteiger partial charge in [0.1, 0.15) is 5.75 Å². The monoisotopic (exact) mass is 268 g/mol. The van der Waals surface area contributed by atoms with Gasteiger partial charge >= 0.3 is 0 Å². The van der Waals surface area contributed by atoms with Crippen molar-refractivity contribution in [1.29, 1.82) is 0 Å². The quantitative estimate of drug-likeness (QED) is 0.888. The van der Waals surface area contributed by atoms with E-state index < -0.39 is 0 Å². The number of rotatable bonds is 2. The normalized spacial score (nSPS) is 15.6. The molecule has 18 heavy (non-hydrogen) atoms. The van der Waals surface area contributed by atoms with Gasteiger partial charge in [-0.05, 0) is 24.6 Å². The van der Waals surface area contributed by atoms with Crippen LogP contribution < -0.4 is 10.1 Å². The molecule has 1 aliphatic rings. The van der Waals surface area contributed by atoms with E-state index >= 15 is 0 Å². The number of carbonyl (C=O) groups is 1. The number of piperazine rings is 1. The summed E-state index contributed by atoms with van der Waals surface area (Å²) < 4.78 is 5.25. The molecule has 1 fully saturated rings. The van der Waals surface area contributed by atoms with Gasteiger partial charge in [0.25, 0.3) is 5.91 Å². The van der Waals surface area contributed by atoms with E-state index in [2.05, 4.69) is 5.32 Å². The Morgan fingerprint density at radius 2 is 2.06 bits per heavy atom. The lowest BCUT2D eigenvalue weighted by molar-refractivity contribution is 0.0732. The first-order chi connectivity index (χ1) is 8.63. The molecule has 4 nitrogen and oxygen atoms in total. The Labute approximate surface area is 112 Å². The average Bonchev–Trinajstić information content (AvgIpc) is 2.41. The molecular weight excluding hydrogens is 252 g/mol. The molecule has 1 aliphatic heterocycles. The van der Waals surface area contributed by atoms with Crippen LogP contribution in [0.15, 0.2) is 12.1 Å². The lowest BCUT2D eigenvalue weighted by Gasteiger charge is -2.28. The number of carbonyl (C=O) groups excluding carboxylic acids is 1. The Morgan fingerprint density at radius 1 is 1.39 bits per heavy atom. The highest BCUT2D eigenvalue weighted by atomic mass is 35.5. The van der Waals surface area contributed by atoms with E-state index in [4.69, 9.17) is 16.3 Å². The Bertz CT molecular complexity index is 457. The van der Waals surface area contributed by atoms with Crippen LogP contribution in [0.1, 0.15) is 15.9 Å². The van der Waals surface area contributed by atoms with Crippen molar-refractivity contribution in [3.63, 3.8) is 0 Å². The summed E-state index contributed by atoms with van der Waals surface area (Å²) in [5.74, 6) is 0.544. The van der Waals surface area contributed by atoms with Gasteiger partial charge in [-0.25, -0.2) is 0 Å². The van der Waals surface area contributed by atoms with Crippen LogP contribution in [0.4, 0.5) is 0 Å². The third kappa shape index (κ3) is 2.60. The van der Waals surface area contributed by atoms with Crippen molar-refractivity contribution >= 4 is 17.5 Å². The van der Waals surface area contributed by atoms with Crippen molar-refractivity contribution in [3.8, 4) is 5.75 Å². The number of amides is 1. The lowest BCUT2D eigenvalue weighted by atomic mass is 10.1. The van der Waals surface area contributed by atoms with Crippen LogP contribution in [0.25, 0.3) is 0 Å². The first-order valence-electron chi connectivity index (χ1n) is 5.97. The number of benzene rings is 1. The highest BCUT2D eigenvalue weighted by Gasteiger charge is 2.22. The molecule has 1 heterocycles. The summed E-state index contributed by atoms with van der Waals surface area (Å²) >= 11 is 6.04. The number of nitrogens with zero attached hydrogens (tertiary/aromatic N) is 1. The summed E-state index contributed by atoms with van der Waals surface area (Å²) in [6.45, 7) is 5.00. The van der Waals surface area contributed by atoms with Gasteiger partial charge in [0.05, 0.1) is 12.7 Å². The molecule has 0 bridgehead atoms. The molecule has 1 amide bonds. The van der Waals surface area contributed by atoms with E-state index in [9.17, 15) is 4.79 Å². The first kappa shape index (κ1) is 13.2. The molecule has 1 aromatic carbocycles. The van der Waals surface area contributed by atoms with E-state index in [1.165, 1.54) is 0 Å². The molecule has 0 spiro atoms. The summed E-state index contributed by atoms with van der Waals surface area (Å²) in [5.41, 5.74) is 1.47. The molecule has 0 radical (unpaired) electrons. The second-order valence-electron chi connectivity index (χ2n) is 4.34. The van der Waals surface area contributed by atoms with Crippen molar-refractivity contribution in [1.82, 2.24) is 10.2 Å². The minimum absolute atomic E-state index is 0.00752. The van der Waals surface area contributed by atoms with E-state index in [-0.39, 0.29) is 5.91 Å². The standard InChI is InChI=1S/C13H17ClN2O2/c1-9-7-10(12(18-2)8-11(9)14)13(17)16-5-3-15-4-6-16/h7-8,15H,3-6H2,1-2H3. The van der Waals surface area contributed by atoms with Gasteiger partial charge in [0, 0.05) is 31.2 Å². The topological polar surface area (TPSA) is 41.6 Å². The predicted octanol–water partition coefficient (Wildman–Crippen LogP) is 1.70. The first-order valence-corrected chi connectivity index (χ1v) is 6.35. The molecule has 98 valence electrons. The second kappa shape index (κ2) is 5.59. The number of hydrogen-bond donors (Lipinski definition) is 1. The number of ether oxygens (including phenoxy) is 1. The van der Waals surface area contributed by atoms with Crippen LogP contribution in [-0.2, 0) is 0 Å². The SMILES string of the molecule is COc1cc(Cl)c(C)cc1C(=O)N1CCNCC1. The van der Waals surface area contributed by atoms with Crippen molar-refractivity contribution in [3.05, 3.63) is 28.3 Å². The van der Waals surface area contributed by atoms with Gasteiger partial charge in [-0.2, -0.15) is 0 Å².